The quantitative estimate of drug-likeness (QED) is 0.513. The van der Waals surface area contributed by atoms with Crippen molar-refractivity contribution in [3.63, 3.8) is 0 Å². The van der Waals surface area contributed by atoms with Gasteiger partial charge in [-0.2, -0.15) is 0 Å². The van der Waals surface area contributed by atoms with Crippen LogP contribution >= 0.6 is 22.9 Å². The summed E-state index contributed by atoms with van der Waals surface area (Å²) < 4.78 is 5.89. The number of hydrogen-bond donors (Lipinski definition) is 1. The van der Waals surface area contributed by atoms with Gasteiger partial charge in [0.1, 0.15) is 5.60 Å². The number of hydrogen-bond acceptors (Lipinski definition) is 10. The molecule has 184 valence electrons. The van der Waals surface area contributed by atoms with E-state index in [-0.39, 0.29) is 11.8 Å². The van der Waals surface area contributed by atoms with Gasteiger partial charge in [-0.15, -0.1) is 25.2 Å². The van der Waals surface area contributed by atoms with Crippen molar-refractivity contribution < 1.29 is 19.4 Å². The van der Waals surface area contributed by atoms with Crippen molar-refractivity contribution in [3.05, 3.63) is 34.3 Å². The molecule has 2 aliphatic rings. The minimum absolute atomic E-state index is 0.229. The first-order valence-electron chi connectivity index (χ1n) is 11.2. The molecule has 1 N–H and O–H groups in total. The van der Waals surface area contributed by atoms with Gasteiger partial charge in [0.05, 0.1) is 10.6 Å². The highest BCUT2D eigenvalue weighted by Gasteiger charge is 2.44. The number of carbonyl (C=O) groups excluding carboxylic acids is 1. The second kappa shape index (κ2) is 8.52. The Bertz CT molecular complexity index is 1290. The summed E-state index contributed by atoms with van der Waals surface area (Å²) in [4.78, 5) is 27.6. The maximum absolute atomic E-state index is 12.6. The van der Waals surface area contributed by atoms with E-state index < -0.39 is 23.0 Å². The van der Waals surface area contributed by atoms with Crippen LogP contribution in [0.2, 0.25) is 5.02 Å². The molecule has 0 aliphatic carbocycles. The Morgan fingerprint density at radius 1 is 1.23 bits per heavy atom. The molecule has 0 radical (unpaired) electrons. The number of piperidine rings is 1. The van der Waals surface area contributed by atoms with Gasteiger partial charge in [0.15, 0.2) is 11.0 Å². The van der Waals surface area contributed by atoms with Crippen molar-refractivity contribution in [1.29, 1.82) is 0 Å². The number of nitrogens with zero attached hydrogens (tertiary/aromatic N) is 7. The first-order valence-corrected chi connectivity index (χ1v) is 12.4. The molecule has 1 aromatic carbocycles. The number of esters is 1. The third-order valence-electron chi connectivity index (χ3n) is 6.39. The van der Waals surface area contributed by atoms with E-state index in [2.05, 4.69) is 30.5 Å². The lowest BCUT2D eigenvalue weighted by atomic mass is 9.81. The third-order valence-corrected chi connectivity index (χ3v) is 7.69. The van der Waals surface area contributed by atoms with Crippen molar-refractivity contribution >= 4 is 40.0 Å². The lowest BCUT2D eigenvalue weighted by molar-refractivity contribution is -0.145. The number of tetrazole rings is 1. The van der Waals surface area contributed by atoms with E-state index in [9.17, 15) is 14.7 Å². The average molecular weight is 518 g/mol. The molecular weight excluding hydrogens is 494 g/mol. The van der Waals surface area contributed by atoms with Crippen LogP contribution in [0.1, 0.15) is 55.6 Å². The van der Waals surface area contributed by atoms with Crippen molar-refractivity contribution in [2.24, 2.45) is 5.41 Å². The van der Waals surface area contributed by atoms with E-state index in [1.165, 1.54) is 11.3 Å². The zero-order valence-electron chi connectivity index (χ0n) is 19.4. The number of ether oxygens (including phenoxy) is 1. The molecule has 1 fully saturated rings. The number of aromatic nitrogens is 6. The maximum atomic E-state index is 12.6. The summed E-state index contributed by atoms with van der Waals surface area (Å²) in [6.45, 7) is 6.69. The molecule has 0 amide bonds. The Morgan fingerprint density at radius 3 is 2.66 bits per heavy atom. The fraction of sp³-hybridized carbons (Fsp3) is 0.500. The number of carboxylic acid groups (broad SMARTS) is 1. The number of benzene rings is 1. The van der Waals surface area contributed by atoms with Gasteiger partial charge in [-0.3, -0.25) is 0 Å². The van der Waals surface area contributed by atoms with Gasteiger partial charge in [-0.1, -0.05) is 55.8 Å². The second-order valence-corrected chi connectivity index (χ2v) is 11.3. The van der Waals surface area contributed by atoms with E-state index in [0.717, 1.165) is 10.4 Å². The van der Waals surface area contributed by atoms with Crippen LogP contribution < -0.4 is 4.90 Å². The number of anilines is 1. The molecule has 13 heteroatoms. The van der Waals surface area contributed by atoms with Crippen LogP contribution in [0.5, 0.6) is 0 Å². The Labute approximate surface area is 210 Å². The molecule has 1 spiro atoms. The maximum Gasteiger partial charge on any atom is 0.340 e. The summed E-state index contributed by atoms with van der Waals surface area (Å²) >= 11 is 7.52. The molecule has 11 nitrogen and oxygen atoms in total. The van der Waals surface area contributed by atoms with E-state index in [1.807, 2.05) is 12.1 Å². The summed E-state index contributed by atoms with van der Waals surface area (Å²) in [6.07, 6.45) is 1.94. The first-order chi connectivity index (χ1) is 16.6. The zero-order chi connectivity index (χ0) is 25.0. The largest absolute Gasteiger partial charge is 0.480 e. The van der Waals surface area contributed by atoms with Crippen LogP contribution in [0.25, 0.3) is 10.8 Å². The molecule has 0 saturated carbocycles. The van der Waals surface area contributed by atoms with E-state index in [0.29, 0.717) is 53.1 Å². The fourth-order valence-electron chi connectivity index (χ4n) is 4.63. The molecule has 5 rings (SSSR count). The van der Waals surface area contributed by atoms with Crippen LogP contribution in [0, 0.1) is 5.41 Å². The first kappa shape index (κ1) is 23.6. The van der Waals surface area contributed by atoms with Gasteiger partial charge in [0, 0.05) is 32.4 Å². The molecule has 4 heterocycles. The van der Waals surface area contributed by atoms with Crippen LogP contribution in [0.4, 0.5) is 5.13 Å². The highest BCUT2D eigenvalue weighted by molar-refractivity contribution is 7.18. The van der Waals surface area contributed by atoms with Gasteiger partial charge in [0.2, 0.25) is 11.0 Å². The standard InChI is InChI=1S/C22H24ClN7O4S/c1-21(2,3)15(18(31)32)30-27-16(24-28-30)17-25-26-20(35-17)29-9-7-22(8-10-29)11-12-5-4-6-13(23)14(12)19(33)34-22/h4-6,15H,7-11H2,1-3H3,(H,31,32). The van der Waals surface area contributed by atoms with Crippen LogP contribution in [0.15, 0.2) is 18.2 Å². The SMILES string of the molecule is CC(C)(C)C(C(=O)O)n1nnc(-c2nnc(N3CCC4(CC3)Cc3cccc(Cl)c3C(=O)O4)s2)n1. The lowest BCUT2D eigenvalue weighted by Gasteiger charge is -2.43. The Kier molecular flexibility index (Phi) is 5.75. The summed E-state index contributed by atoms with van der Waals surface area (Å²) in [5.41, 5.74) is 0.230. The number of aliphatic carboxylic acids is 1. The van der Waals surface area contributed by atoms with Crippen molar-refractivity contribution in [3.8, 4) is 10.8 Å². The average Bonchev–Trinajstić information content (AvgIpc) is 3.43. The highest BCUT2D eigenvalue weighted by atomic mass is 35.5. The van der Waals surface area contributed by atoms with E-state index in [4.69, 9.17) is 16.3 Å². The minimum atomic E-state index is -1.03. The van der Waals surface area contributed by atoms with E-state index in [1.54, 1.807) is 26.8 Å². The molecule has 3 aromatic rings. The smallest absolute Gasteiger partial charge is 0.340 e. The van der Waals surface area contributed by atoms with Crippen LogP contribution in [-0.4, -0.2) is 66.1 Å². The van der Waals surface area contributed by atoms with Gasteiger partial charge in [0.25, 0.3) is 0 Å². The molecule has 1 saturated heterocycles. The van der Waals surface area contributed by atoms with E-state index >= 15 is 0 Å². The highest BCUT2D eigenvalue weighted by Crippen LogP contribution is 2.40. The van der Waals surface area contributed by atoms with Crippen LogP contribution in [-0.2, 0) is 16.0 Å². The van der Waals surface area contributed by atoms with Gasteiger partial charge in [-0.25, -0.2) is 9.59 Å². The predicted octanol–water partition coefficient (Wildman–Crippen LogP) is 3.27. The van der Waals surface area contributed by atoms with Crippen molar-refractivity contribution in [2.45, 2.75) is 51.7 Å². The van der Waals surface area contributed by atoms with Crippen molar-refractivity contribution in [1.82, 2.24) is 30.4 Å². The summed E-state index contributed by atoms with van der Waals surface area (Å²) in [7, 11) is 0. The lowest BCUT2D eigenvalue weighted by Crippen LogP contribution is -2.50. The zero-order valence-corrected chi connectivity index (χ0v) is 21.0. The topological polar surface area (TPSA) is 136 Å². The molecule has 2 aliphatic heterocycles. The minimum Gasteiger partial charge on any atom is -0.480 e. The summed E-state index contributed by atoms with van der Waals surface area (Å²) in [5.74, 6) is -1.17. The fourth-order valence-corrected chi connectivity index (χ4v) is 5.72. The van der Waals surface area contributed by atoms with Gasteiger partial charge >= 0.3 is 11.9 Å². The number of rotatable bonds is 4. The summed E-state index contributed by atoms with van der Waals surface area (Å²) in [6, 6.07) is 4.53. The molecule has 1 atom stereocenters. The molecule has 2 aromatic heterocycles. The molecular formula is C22H24ClN7O4S. The Balaban J connectivity index is 1.29. The number of carboxylic acids is 1. The monoisotopic (exact) mass is 517 g/mol. The Hall–Kier alpha value is -3.12. The molecule has 1 unspecified atom stereocenters. The number of carbonyl (C=O) groups is 2. The third kappa shape index (κ3) is 4.36. The second-order valence-electron chi connectivity index (χ2n) is 9.94. The van der Waals surface area contributed by atoms with Crippen LogP contribution in [0.3, 0.4) is 0 Å². The van der Waals surface area contributed by atoms with Gasteiger partial charge in [-0.05, 0) is 22.3 Å². The molecule has 35 heavy (non-hydrogen) atoms. The number of halogens is 1. The number of fused-ring (bicyclic) bond motifs is 1. The molecule has 0 bridgehead atoms. The van der Waals surface area contributed by atoms with Gasteiger partial charge < -0.3 is 14.7 Å². The predicted molar refractivity (Wildman–Crippen MR) is 128 cm³/mol. The van der Waals surface area contributed by atoms with Crippen molar-refractivity contribution in [2.75, 3.05) is 18.0 Å². The summed E-state index contributed by atoms with van der Waals surface area (Å²) in [5, 5.41) is 31.9. The normalized spacial score (nSPS) is 18.3. The Morgan fingerprint density at radius 2 is 1.97 bits per heavy atom.